The first-order valence-corrected chi connectivity index (χ1v) is 8.69. The molecule has 0 amide bonds. The molecule has 1 aliphatic carbocycles. The van der Waals surface area contributed by atoms with Gasteiger partial charge in [0.15, 0.2) is 0 Å². The van der Waals surface area contributed by atoms with Crippen molar-refractivity contribution >= 4 is 5.82 Å². The van der Waals surface area contributed by atoms with E-state index in [2.05, 4.69) is 27.1 Å². The van der Waals surface area contributed by atoms with Crippen molar-refractivity contribution in [1.29, 1.82) is 0 Å². The molecule has 1 unspecified atom stereocenters. The topological polar surface area (TPSA) is 41.0 Å². The number of hydrogen-bond donors (Lipinski definition) is 1. The molecule has 1 fully saturated rings. The van der Waals surface area contributed by atoms with E-state index in [1.54, 1.807) is 6.33 Å². The summed E-state index contributed by atoms with van der Waals surface area (Å²) in [7, 11) is 0. The molecule has 1 atom stereocenters. The SMILES string of the molecule is CCCN(CC1CCCN1)c1ncnc2c1CCCCC2. The average molecular weight is 288 g/mol. The Balaban J connectivity index is 1.83. The van der Waals surface area contributed by atoms with Crippen molar-refractivity contribution in [2.75, 3.05) is 24.5 Å². The van der Waals surface area contributed by atoms with E-state index in [0.717, 1.165) is 25.9 Å². The van der Waals surface area contributed by atoms with Crippen molar-refractivity contribution in [3.63, 3.8) is 0 Å². The lowest BCUT2D eigenvalue weighted by Crippen LogP contribution is -2.39. The molecule has 4 heteroatoms. The van der Waals surface area contributed by atoms with Gasteiger partial charge < -0.3 is 10.2 Å². The number of hydrogen-bond acceptors (Lipinski definition) is 4. The Morgan fingerprint density at radius 3 is 2.90 bits per heavy atom. The maximum Gasteiger partial charge on any atom is 0.135 e. The van der Waals surface area contributed by atoms with Gasteiger partial charge in [0.25, 0.3) is 0 Å². The molecule has 0 saturated carbocycles. The molecule has 21 heavy (non-hydrogen) atoms. The molecular formula is C17H28N4. The molecule has 1 aromatic rings. The van der Waals surface area contributed by atoms with Crippen LogP contribution in [0, 0.1) is 0 Å². The summed E-state index contributed by atoms with van der Waals surface area (Å²) in [6.07, 6.45) is 11.7. The Kier molecular flexibility index (Phi) is 5.07. The molecule has 0 bridgehead atoms. The monoisotopic (exact) mass is 288 g/mol. The lowest BCUT2D eigenvalue weighted by Gasteiger charge is -2.28. The number of rotatable bonds is 5. The molecule has 1 aliphatic heterocycles. The first-order chi connectivity index (χ1) is 10.4. The second-order valence-corrected chi connectivity index (χ2v) is 6.42. The highest BCUT2D eigenvalue weighted by Crippen LogP contribution is 2.27. The van der Waals surface area contributed by atoms with Gasteiger partial charge in [-0.2, -0.15) is 0 Å². The highest BCUT2D eigenvalue weighted by molar-refractivity contribution is 5.49. The minimum atomic E-state index is 0.632. The average Bonchev–Trinajstić information content (AvgIpc) is 2.89. The normalized spacial score (nSPS) is 21.9. The number of nitrogens with one attached hydrogen (secondary N) is 1. The second-order valence-electron chi connectivity index (χ2n) is 6.42. The van der Waals surface area contributed by atoms with Crippen molar-refractivity contribution in [2.45, 2.75) is 64.3 Å². The van der Waals surface area contributed by atoms with Crippen LogP contribution in [0.5, 0.6) is 0 Å². The van der Waals surface area contributed by atoms with Gasteiger partial charge in [0.05, 0.1) is 0 Å². The molecule has 2 aliphatic rings. The molecule has 4 nitrogen and oxygen atoms in total. The van der Waals surface area contributed by atoms with E-state index < -0.39 is 0 Å². The number of nitrogens with zero attached hydrogens (tertiary/aromatic N) is 3. The number of anilines is 1. The third-order valence-electron chi connectivity index (χ3n) is 4.75. The van der Waals surface area contributed by atoms with Crippen LogP contribution in [0.15, 0.2) is 6.33 Å². The third-order valence-corrected chi connectivity index (χ3v) is 4.75. The van der Waals surface area contributed by atoms with Crippen LogP contribution in [0.25, 0.3) is 0 Å². The van der Waals surface area contributed by atoms with Crippen LogP contribution in [-0.4, -0.2) is 35.6 Å². The summed E-state index contributed by atoms with van der Waals surface area (Å²) in [5.74, 6) is 1.22. The van der Waals surface area contributed by atoms with Gasteiger partial charge in [0, 0.05) is 30.4 Å². The van der Waals surface area contributed by atoms with Crippen molar-refractivity contribution in [2.24, 2.45) is 0 Å². The largest absolute Gasteiger partial charge is 0.355 e. The van der Waals surface area contributed by atoms with Gasteiger partial charge in [-0.05, 0) is 51.5 Å². The molecule has 1 aromatic heterocycles. The van der Waals surface area contributed by atoms with Crippen LogP contribution in [0.1, 0.15) is 56.7 Å². The Morgan fingerprint density at radius 2 is 2.10 bits per heavy atom. The van der Waals surface area contributed by atoms with Gasteiger partial charge in [-0.3, -0.25) is 0 Å². The lowest BCUT2D eigenvalue weighted by atomic mass is 10.1. The van der Waals surface area contributed by atoms with Gasteiger partial charge in [0.1, 0.15) is 12.1 Å². The smallest absolute Gasteiger partial charge is 0.135 e. The number of aromatic nitrogens is 2. The summed E-state index contributed by atoms with van der Waals surface area (Å²) in [6.45, 7) is 5.63. The van der Waals surface area contributed by atoms with Crippen LogP contribution in [-0.2, 0) is 12.8 Å². The Labute approximate surface area is 128 Å². The molecular weight excluding hydrogens is 260 g/mol. The molecule has 1 saturated heterocycles. The Bertz CT molecular complexity index is 454. The van der Waals surface area contributed by atoms with Crippen LogP contribution in [0.3, 0.4) is 0 Å². The zero-order valence-corrected chi connectivity index (χ0v) is 13.3. The van der Waals surface area contributed by atoms with Gasteiger partial charge >= 0.3 is 0 Å². The predicted molar refractivity (Wildman–Crippen MR) is 86.8 cm³/mol. The zero-order chi connectivity index (χ0) is 14.5. The summed E-state index contributed by atoms with van der Waals surface area (Å²) >= 11 is 0. The van der Waals surface area contributed by atoms with Crippen LogP contribution < -0.4 is 10.2 Å². The fourth-order valence-electron chi connectivity index (χ4n) is 3.69. The standard InChI is InChI=1S/C17H28N4/c1-2-11-21(12-14-7-6-10-18-14)17-15-8-4-3-5-9-16(15)19-13-20-17/h13-14,18H,2-12H2,1H3. The molecule has 2 heterocycles. The molecule has 1 N–H and O–H groups in total. The maximum absolute atomic E-state index is 4.68. The molecule has 0 spiro atoms. The second kappa shape index (κ2) is 7.21. The van der Waals surface area contributed by atoms with E-state index in [0.29, 0.717) is 6.04 Å². The van der Waals surface area contributed by atoms with Crippen LogP contribution in [0.2, 0.25) is 0 Å². The van der Waals surface area contributed by atoms with E-state index in [1.165, 1.54) is 62.1 Å². The summed E-state index contributed by atoms with van der Waals surface area (Å²) in [5, 5.41) is 3.62. The zero-order valence-electron chi connectivity index (χ0n) is 13.3. The first kappa shape index (κ1) is 14.8. The minimum Gasteiger partial charge on any atom is -0.355 e. The van der Waals surface area contributed by atoms with E-state index in [1.807, 2.05) is 0 Å². The van der Waals surface area contributed by atoms with Gasteiger partial charge in [-0.25, -0.2) is 9.97 Å². The van der Waals surface area contributed by atoms with E-state index in [-0.39, 0.29) is 0 Å². The van der Waals surface area contributed by atoms with Gasteiger partial charge in [-0.1, -0.05) is 13.3 Å². The highest BCUT2D eigenvalue weighted by Gasteiger charge is 2.22. The van der Waals surface area contributed by atoms with Crippen molar-refractivity contribution in [1.82, 2.24) is 15.3 Å². The van der Waals surface area contributed by atoms with E-state index in [4.69, 9.17) is 0 Å². The van der Waals surface area contributed by atoms with Crippen molar-refractivity contribution in [3.05, 3.63) is 17.6 Å². The van der Waals surface area contributed by atoms with Gasteiger partial charge in [-0.15, -0.1) is 0 Å². The third kappa shape index (κ3) is 3.54. The molecule has 3 rings (SSSR count). The van der Waals surface area contributed by atoms with Crippen molar-refractivity contribution in [3.8, 4) is 0 Å². The van der Waals surface area contributed by atoms with Crippen molar-refractivity contribution < 1.29 is 0 Å². The molecule has 0 radical (unpaired) electrons. The minimum absolute atomic E-state index is 0.632. The first-order valence-electron chi connectivity index (χ1n) is 8.69. The predicted octanol–water partition coefficient (Wildman–Crippen LogP) is 2.71. The fourth-order valence-corrected chi connectivity index (χ4v) is 3.69. The maximum atomic E-state index is 4.68. The summed E-state index contributed by atoms with van der Waals surface area (Å²) in [6, 6.07) is 0.632. The Hall–Kier alpha value is -1.16. The van der Waals surface area contributed by atoms with Crippen LogP contribution >= 0.6 is 0 Å². The highest BCUT2D eigenvalue weighted by atomic mass is 15.2. The molecule has 0 aromatic carbocycles. The quantitative estimate of drug-likeness (QED) is 0.846. The summed E-state index contributed by atoms with van der Waals surface area (Å²) in [5.41, 5.74) is 2.74. The summed E-state index contributed by atoms with van der Waals surface area (Å²) < 4.78 is 0. The lowest BCUT2D eigenvalue weighted by molar-refractivity contribution is 0.573. The number of aryl methyl sites for hydroxylation is 1. The fraction of sp³-hybridized carbons (Fsp3) is 0.765. The van der Waals surface area contributed by atoms with E-state index >= 15 is 0 Å². The number of fused-ring (bicyclic) bond motifs is 1. The van der Waals surface area contributed by atoms with E-state index in [9.17, 15) is 0 Å². The summed E-state index contributed by atoms with van der Waals surface area (Å²) in [4.78, 5) is 11.8. The Morgan fingerprint density at radius 1 is 1.19 bits per heavy atom. The van der Waals surface area contributed by atoms with Gasteiger partial charge in [0.2, 0.25) is 0 Å². The van der Waals surface area contributed by atoms with Crippen LogP contribution in [0.4, 0.5) is 5.82 Å². The molecule has 116 valence electrons.